The Morgan fingerprint density at radius 3 is 2.13 bits per heavy atom. The molecule has 8 nitrogen and oxygen atoms in total. The fourth-order valence-electron chi connectivity index (χ4n) is 5.15. The number of hydrogen-bond donors (Lipinski definition) is 2. The van der Waals surface area contributed by atoms with Gasteiger partial charge >= 0.3 is 0 Å². The molecule has 0 atom stereocenters. The number of benzene rings is 4. The van der Waals surface area contributed by atoms with Crippen LogP contribution in [0.1, 0.15) is 59.5 Å². The Morgan fingerprint density at radius 2 is 1.50 bits per heavy atom. The standard InChI is InChI=1S/C38H39N5O3/c1-7-43-24-33(31-14-11-15-32(25(31)2)41-35(44)26-16-20-28(21-17-26)38(3,4)5)40-34(37(43)46)39-29-22-18-27(19-23-29)36(45)42(6)30-12-9-8-10-13-30/h8-24H,7H2,1-6H3,(H,39,40)(H,41,44). The molecule has 0 aliphatic rings. The monoisotopic (exact) mass is 613 g/mol. The lowest BCUT2D eigenvalue weighted by atomic mass is 9.86. The average molecular weight is 614 g/mol. The van der Waals surface area contributed by atoms with Crippen LogP contribution in [-0.2, 0) is 12.0 Å². The summed E-state index contributed by atoms with van der Waals surface area (Å²) in [4.78, 5) is 45.7. The van der Waals surface area contributed by atoms with E-state index in [2.05, 4.69) is 31.4 Å². The molecule has 0 spiro atoms. The molecule has 4 aromatic carbocycles. The average Bonchev–Trinajstić information content (AvgIpc) is 3.06. The second-order valence-corrected chi connectivity index (χ2v) is 12.2. The summed E-state index contributed by atoms with van der Waals surface area (Å²) in [5.41, 5.74) is 6.26. The number of nitrogens with zero attached hydrogens (tertiary/aromatic N) is 3. The Bertz CT molecular complexity index is 1920. The Hall–Kier alpha value is -5.50. The van der Waals surface area contributed by atoms with Gasteiger partial charge in [-0.15, -0.1) is 0 Å². The predicted molar refractivity (Wildman–Crippen MR) is 186 cm³/mol. The van der Waals surface area contributed by atoms with E-state index in [-0.39, 0.29) is 28.6 Å². The third kappa shape index (κ3) is 6.91. The summed E-state index contributed by atoms with van der Waals surface area (Å²) in [6.45, 7) is 10.7. The Balaban J connectivity index is 1.38. The molecule has 2 amide bonds. The fourth-order valence-corrected chi connectivity index (χ4v) is 5.15. The number of aryl methyl sites for hydroxylation is 1. The van der Waals surface area contributed by atoms with E-state index in [1.807, 2.05) is 86.6 Å². The molecule has 234 valence electrons. The summed E-state index contributed by atoms with van der Waals surface area (Å²) in [5, 5.41) is 6.19. The Kier molecular flexibility index (Phi) is 9.18. The van der Waals surface area contributed by atoms with Crippen molar-refractivity contribution in [1.82, 2.24) is 9.55 Å². The molecule has 5 rings (SSSR count). The minimum absolute atomic E-state index is 0.00231. The van der Waals surface area contributed by atoms with Crippen molar-refractivity contribution in [2.75, 3.05) is 22.6 Å². The summed E-state index contributed by atoms with van der Waals surface area (Å²) in [6, 6.07) is 29.7. The van der Waals surface area contributed by atoms with E-state index in [1.165, 1.54) is 0 Å². The smallest absolute Gasteiger partial charge is 0.293 e. The number of anilines is 4. The largest absolute Gasteiger partial charge is 0.336 e. The molecule has 8 heteroatoms. The van der Waals surface area contributed by atoms with E-state index >= 15 is 0 Å². The van der Waals surface area contributed by atoms with E-state index < -0.39 is 0 Å². The minimum Gasteiger partial charge on any atom is -0.336 e. The highest BCUT2D eigenvalue weighted by Gasteiger charge is 2.18. The maximum Gasteiger partial charge on any atom is 0.293 e. The van der Waals surface area contributed by atoms with Crippen LogP contribution >= 0.6 is 0 Å². The van der Waals surface area contributed by atoms with Crippen molar-refractivity contribution in [1.29, 1.82) is 0 Å². The molecule has 1 aromatic heterocycles. The lowest BCUT2D eigenvalue weighted by Gasteiger charge is -2.19. The van der Waals surface area contributed by atoms with E-state index in [9.17, 15) is 14.4 Å². The zero-order chi connectivity index (χ0) is 33.0. The molecule has 5 aromatic rings. The van der Waals surface area contributed by atoms with Crippen LogP contribution in [0.15, 0.2) is 108 Å². The van der Waals surface area contributed by atoms with Crippen LogP contribution < -0.4 is 21.1 Å². The topological polar surface area (TPSA) is 96.3 Å². The molecule has 0 aliphatic heterocycles. The lowest BCUT2D eigenvalue weighted by Crippen LogP contribution is -2.26. The van der Waals surface area contributed by atoms with Gasteiger partial charge in [-0.2, -0.15) is 0 Å². The van der Waals surface area contributed by atoms with Gasteiger partial charge in [0.05, 0.1) is 5.69 Å². The van der Waals surface area contributed by atoms with Crippen LogP contribution in [0.2, 0.25) is 0 Å². The number of nitrogens with one attached hydrogen (secondary N) is 2. The van der Waals surface area contributed by atoms with Crippen molar-refractivity contribution < 1.29 is 9.59 Å². The fraction of sp³-hybridized carbons (Fsp3) is 0.211. The first-order valence-electron chi connectivity index (χ1n) is 15.3. The first-order chi connectivity index (χ1) is 22.0. The van der Waals surface area contributed by atoms with Gasteiger partial charge in [-0.25, -0.2) is 4.98 Å². The zero-order valence-corrected chi connectivity index (χ0v) is 27.1. The van der Waals surface area contributed by atoms with Crippen LogP contribution in [-0.4, -0.2) is 28.4 Å². The van der Waals surface area contributed by atoms with E-state index in [0.717, 1.165) is 22.4 Å². The van der Waals surface area contributed by atoms with Gasteiger partial charge in [0, 0.05) is 53.5 Å². The molecule has 2 N–H and O–H groups in total. The van der Waals surface area contributed by atoms with E-state index in [0.29, 0.717) is 34.7 Å². The first-order valence-corrected chi connectivity index (χ1v) is 15.3. The minimum atomic E-state index is -0.268. The van der Waals surface area contributed by atoms with Gasteiger partial charge in [0.25, 0.3) is 17.4 Å². The van der Waals surface area contributed by atoms with Crippen molar-refractivity contribution in [2.45, 2.75) is 46.6 Å². The van der Waals surface area contributed by atoms with Gasteiger partial charge in [-0.3, -0.25) is 14.4 Å². The van der Waals surface area contributed by atoms with Crippen LogP contribution in [0.5, 0.6) is 0 Å². The van der Waals surface area contributed by atoms with Crippen molar-refractivity contribution in [2.24, 2.45) is 0 Å². The normalized spacial score (nSPS) is 11.2. The number of carbonyl (C=O) groups excluding carboxylic acids is 2. The van der Waals surface area contributed by atoms with E-state index in [4.69, 9.17) is 4.98 Å². The highest BCUT2D eigenvalue weighted by atomic mass is 16.2. The van der Waals surface area contributed by atoms with Crippen molar-refractivity contribution in [3.05, 3.63) is 136 Å². The van der Waals surface area contributed by atoms with Gasteiger partial charge in [0.15, 0.2) is 5.82 Å². The van der Waals surface area contributed by atoms with Crippen LogP contribution in [0, 0.1) is 6.92 Å². The molecule has 0 radical (unpaired) electrons. The Morgan fingerprint density at radius 1 is 0.848 bits per heavy atom. The first kappa shape index (κ1) is 31.9. The summed E-state index contributed by atoms with van der Waals surface area (Å²) in [5.74, 6) is -0.186. The number of para-hydroxylation sites is 1. The predicted octanol–water partition coefficient (Wildman–Crippen LogP) is 7.81. The van der Waals surface area contributed by atoms with Crippen LogP contribution in [0.3, 0.4) is 0 Å². The summed E-state index contributed by atoms with van der Waals surface area (Å²) >= 11 is 0. The molecule has 0 saturated carbocycles. The van der Waals surface area contributed by atoms with E-state index in [1.54, 1.807) is 47.0 Å². The molecule has 0 aliphatic carbocycles. The SMILES string of the molecule is CCn1cc(-c2cccc(NC(=O)c3ccc(C(C)(C)C)cc3)c2C)nc(Nc2ccc(C(=O)N(C)c3ccccc3)cc2)c1=O. The van der Waals surface area contributed by atoms with Crippen LogP contribution in [0.4, 0.5) is 22.9 Å². The van der Waals surface area contributed by atoms with Gasteiger partial charge in [-0.1, -0.05) is 63.2 Å². The Labute approximate surface area is 269 Å². The highest BCUT2D eigenvalue weighted by molar-refractivity contribution is 6.06. The third-order valence-corrected chi connectivity index (χ3v) is 8.03. The molecular weight excluding hydrogens is 574 g/mol. The number of amides is 2. The van der Waals surface area contributed by atoms with Crippen molar-refractivity contribution in [3.8, 4) is 11.3 Å². The summed E-state index contributed by atoms with van der Waals surface area (Å²) in [6.07, 6.45) is 1.73. The van der Waals surface area contributed by atoms with Gasteiger partial charge in [0.1, 0.15) is 0 Å². The van der Waals surface area contributed by atoms with Gasteiger partial charge in [-0.05, 0) is 85.0 Å². The number of aromatic nitrogens is 2. The molecule has 0 fully saturated rings. The van der Waals surface area contributed by atoms with Crippen molar-refractivity contribution in [3.63, 3.8) is 0 Å². The lowest BCUT2D eigenvalue weighted by molar-refractivity contribution is 0.0991. The number of carbonyl (C=O) groups is 2. The third-order valence-electron chi connectivity index (χ3n) is 8.03. The second-order valence-electron chi connectivity index (χ2n) is 12.2. The molecule has 0 saturated heterocycles. The zero-order valence-electron chi connectivity index (χ0n) is 27.1. The number of hydrogen-bond acceptors (Lipinski definition) is 5. The molecule has 0 bridgehead atoms. The second kappa shape index (κ2) is 13.2. The van der Waals surface area contributed by atoms with Gasteiger partial charge < -0.3 is 20.1 Å². The van der Waals surface area contributed by atoms with Crippen molar-refractivity contribution >= 4 is 34.7 Å². The maximum absolute atomic E-state index is 13.3. The molecule has 46 heavy (non-hydrogen) atoms. The highest BCUT2D eigenvalue weighted by Crippen LogP contribution is 2.29. The quantitative estimate of drug-likeness (QED) is 0.186. The maximum atomic E-state index is 13.3. The molecular formula is C38H39N5O3. The van der Waals surface area contributed by atoms with Gasteiger partial charge in [0.2, 0.25) is 0 Å². The molecule has 1 heterocycles. The molecule has 0 unspecified atom stereocenters. The summed E-state index contributed by atoms with van der Waals surface area (Å²) < 4.78 is 1.60. The van der Waals surface area contributed by atoms with Crippen LogP contribution in [0.25, 0.3) is 11.3 Å². The number of rotatable bonds is 8. The summed E-state index contributed by atoms with van der Waals surface area (Å²) in [7, 11) is 1.74.